The number of nitrogens with two attached hydrogens (primary N) is 1. The van der Waals surface area contributed by atoms with E-state index >= 15 is 0 Å². The lowest BCUT2D eigenvalue weighted by Gasteiger charge is -2.51. The molecule has 1 saturated carbocycles. The van der Waals surface area contributed by atoms with Gasteiger partial charge in [-0.1, -0.05) is 13.8 Å². The van der Waals surface area contributed by atoms with Gasteiger partial charge in [0, 0.05) is 24.6 Å². The van der Waals surface area contributed by atoms with Crippen LogP contribution in [0.25, 0.3) is 0 Å². The van der Waals surface area contributed by atoms with Gasteiger partial charge in [0.05, 0.1) is 17.5 Å². The first kappa shape index (κ1) is 16.4. The molecule has 1 aliphatic rings. The Morgan fingerprint density at radius 3 is 2.71 bits per heavy atom. The maximum Gasteiger partial charge on any atom is 0.244 e. The molecule has 7 nitrogen and oxygen atoms in total. The van der Waals surface area contributed by atoms with Crippen molar-refractivity contribution in [1.82, 2.24) is 14.9 Å². The van der Waals surface area contributed by atoms with E-state index in [1.54, 1.807) is 6.92 Å². The summed E-state index contributed by atoms with van der Waals surface area (Å²) >= 11 is 0. The first-order valence-electron chi connectivity index (χ1n) is 7.11. The maximum absolute atomic E-state index is 12.6. The van der Waals surface area contributed by atoms with Gasteiger partial charge in [0.1, 0.15) is 4.90 Å². The van der Waals surface area contributed by atoms with Crippen LogP contribution in [0.5, 0.6) is 0 Å². The molecule has 120 valence electrons. The van der Waals surface area contributed by atoms with E-state index in [0.29, 0.717) is 24.4 Å². The molecule has 4 N–H and O–H groups in total. The Bertz CT molecular complexity index is 609. The fraction of sp³-hybridized carbons (Fsp3) is 0.769. The van der Waals surface area contributed by atoms with Crippen molar-refractivity contribution >= 4 is 10.0 Å². The largest absolute Gasteiger partial charge is 0.378 e. The summed E-state index contributed by atoms with van der Waals surface area (Å²) in [7, 11) is -3.64. The van der Waals surface area contributed by atoms with Crippen molar-refractivity contribution in [1.29, 1.82) is 0 Å². The molecule has 0 radical (unpaired) electrons. The standard InChI is InChI=1S/C13H24N4O3S/c1-5-20-11-6-10(13(11,3)4)17-21(18,19)12-8(2)15-16-9(12)7-14/h10-11,17H,5-7,14H2,1-4H3,(H,15,16). The van der Waals surface area contributed by atoms with Gasteiger partial charge >= 0.3 is 0 Å². The molecular formula is C13H24N4O3S. The number of aryl methyl sites for hydroxylation is 1. The number of hydrogen-bond donors (Lipinski definition) is 3. The zero-order valence-corrected chi connectivity index (χ0v) is 13.8. The molecule has 0 spiro atoms. The quantitative estimate of drug-likeness (QED) is 0.714. The van der Waals surface area contributed by atoms with Crippen LogP contribution in [0, 0.1) is 12.3 Å². The van der Waals surface area contributed by atoms with Gasteiger partial charge in [-0.2, -0.15) is 5.10 Å². The molecular weight excluding hydrogens is 292 g/mol. The van der Waals surface area contributed by atoms with Crippen molar-refractivity contribution in [2.24, 2.45) is 11.1 Å². The van der Waals surface area contributed by atoms with E-state index in [0.717, 1.165) is 0 Å². The lowest BCUT2D eigenvalue weighted by molar-refractivity contribution is -0.108. The lowest BCUT2D eigenvalue weighted by atomic mass is 9.65. The topological polar surface area (TPSA) is 110 Å². The Hall–Kier alpha value is -0.960. The van der Waals surface area contributed by atoms with Crippen LogP contribution in [0.2, 0.25) is 0 Å². The Labute approximate surface area is 125 Å². The molecule has 0 saturated heterocycles. The summed E-state index contributed by atoms with van der Waals surface area (Å²) in [5.74, 6) is 0. The molecule has 0 aliphatic heterocycles. The molecule has 2 atom stereocenters. The van der Waals surface area contributed by atoms with Crippen LogP contribution in [0.3, 0.4) is 0 Å². The summed E-state index contributed by atoms with van der Waals surface area (Å²) in [6.07, 6.45) is 0.754. The smallest absolute Gasteiger partial charge is 0.244 e. The minimum Gasteiger partial charge on any atom is -0.378 e. The Morgan fingerprint density at radius 1 is 1.52 bits per heavy atom. The molecule has 1 aromatic heterocycles. The number of aromatic amines is 1. The predicted molar refractivity (Wildman–Crippen MR) is 79.1 cm³/mol. The minimum absolute atomic E-state index is 0.0784. The van der Waals surface area contributed by atoms with Gasteiger partial charge in [-0.3, -0.25) is 5.10 Å². The number of nitrogens with one attached hydrogen (secondary N) is 2. The van der Waals surface area contributed by atoms with E-state index < -0.39 is 10.0 Å². The summed E-state index contributed by atoms with van der Waals surface area (Å²) in [5, 5.41) is 6.62. The molecule has 1 aliphatic carbocycles. The molecule has 8 heteroatoms. The van der Waals surface area contributed by atoms with Gasteiger partial charge in [-0.05, 0) is 20.3 Å². The predicted octanol–water partition coefficient (Wildman–Crippen LogP) is 0.659. The van der Waals surface area contributed by atoms with Gasteiger partial charge in [0.2, 0.25) is 10.0 Å². The highest BCUT2D eigenvalue weighted by Crippen LogP contribution is 2.43. The van der Waals surface area contributed by atoms with E-state index in [1.165, 1.54) is 0 Å². The van der Waals surface area contributed by atoms with Crippen molar-refractivity contribution < 1.29 is 13.2 Å². The fourth-order valence-corrected chi connectivity index (χ4v) is 4.56. The van der Waals surface area contributed by atoms with Crippen molar-refractivity contribution in [3.63, 3.8) is 0 Å². The lowest BCUT2D eigenvalue weighted by Crippen LogP contribution is -2.62. The zero-order valence-electron chi connectivity index (χ0n) is 12.9. The molecule has 0 bridgehead atoms. The fourth-order valence-electron chi connectivity index (χ4n) is 2.78. The summed E-state index contributed by atoms with van der Waals surface area (Å²) in [6, 6.07) is -0.154. The molecule has 2 unspecified atom stereocenters. The van der Waals surface area contributed by atoms with Crippen LogP contribution in [0.4, 0.5) is 0 Å². The summed E-state index contributed by atoms with van der Waals surface area (Å²) in [5.41, 5.74) is 6.19. The molecule has 1 aromatic rings. The first-order chi connectivity index (χ1) is 9.74. The second kappa shape index (κ2) is 5.68. The van der Waals surface area contributed by atoms with Gasteiger partial charge in [0.15, 0.2) is 0 Å². The average molecular weight is 316 g/mol. The number of nitrogens with zero attached hydrogens (tertiary/aromatic N) is 1. The van der Waals surface area contributed by atoms with Crippen LogP contribution in [-0.2, 0) is 21.3 Å². The van der Waals surface area contributed by atoms with Crippen molar-refractivity contribution in [3.8, 4) is 0 Å². The van der Waals surface area contributed by atoms with Crippen molar-refractivity contribution in [2.75, 3.05) is 6.61 Å². The van der Waals surface area contributed by atoms with E-state index in [4.69, 9.17) is 10.5 Å². The monoisotopic (exact) mass is 316 g/mol. The van der Waals surface area contributed by atoms with Gasteiger partial charge in [0.25, 0.3) is 0 Å². The Morgan fingerprint density at radius 2 is 2.19 bits per heavy atom. The molecule has 0 aromatic carbocycles. The summed E-state index contributed by atoms with van der Waals surface area (Å²) in [4.78, 5) is 0.167. The SMILES string of the molecule is CCOC1CC(NS(=O)(=O)c2c(CN)n[nH]c2C)C1(C)C. The Balaban J connectivity index is 2.18. The molecule has 21 heavy (non-hydrogen) atoms. The number of rotatable bonds is 6. The average Bonchev–Trinajstić information content (AvgIpc) is 2.79. The van der Waals surface area contributed by atoms with Crippen LogP contribution in [0.15, 0.2) is 4.90 Å². The number of H-pyrrole nitrogens is 1. The number of sulfonamides is 1. The van der Waals surface area contributed by atoms with Crippen LogP contribution in [0.1, 0.15) is 38.6 Å². The second-order valence-corrected chi connectivity index (χ2v) is 7.65. The van der Waals surface area contributed by atoms with E-state index in [1.807, 2.05) is 20.8 Å². The number of aromatic nitrogens is 2. The number of ether oxygens (including phenoxy) is 1. The van der Waals surface area contributed by atoms with Crippen molar-refractivity contribution in [2.45, 2.75) is 57.7 Å². The highest BCUT2D eigenvalue weighted by Gasteiger charge is 2.50. The Kier molecular flexibility index (Phi) is 4.44. The highest BCUT2D eigenvalue weighted by molar-refractivity contribution is 7.89. The third-order valence-corrected chi connectivity index (χ3v) is 5.94. The van der Waals surface area contributed by atoms with E-state index in [9.17, 15) is 8.42 Å². The maximum atomic E-state index is 12.6. The molecule has 2 rings (SSSR count). The molecule has 1 fully saturated rings. The minimum atomic E-state index is -3.64. The van der Waals surface area contributed by atoms with E-state index in [-0.39, 0.29) is 29.0 Å². The van der Waals surface area contributed by atoms with Crippen LogP contribution in [-0.4, -0.2) is 37.4 Å². The van der Waals surface area contributed by atoms with E-state index in [2.05, 4.69) is 14.9 Å². The van der Waals surface area contributed by atoms with Crippen LogP contribution < -0.4 is 10.5 Å². The van der Waals surface area contributed by atoms with Gasteiger partial charge in [-0.15, -0.1) is 0 Å². The molecule has 1 heterocycles. The van der Waals surface area contributed by atoms with Gasteiger partial charge < -0.3 is 10.5 Å². The third-order valence-electron chi connectivity index (χ3n) is 4.27. The summed E-state index contributed by atoms with van der Waals surface area (Å²) < 4.78 is 33.6. The number of hydrogen-bond acceptors (Lipinski definition) is 5. The van der Waals surface area contributed by atoms with Crippen molar-refractivity contribution in [3.05, 3.63) is 11.4 Å². The molecule has 0 amide bonds. The first-order valence-corrected chi connectivity index (χ1v) is 8.60. The highest BCUT2D eigenvalue weighted by atomic mass is 32.2. The van der Waals surface area contributed by atoms with Crippen LogP contribution >= 0.6 is 0 Å². The third kappa shape index (κ3) is 2.85. The second-order valence-electron chi connectivity index (χ2n) is 6.00. The zero-order chi connectivity index (χ0) is 15.8. The normalized spacial score (nSPS) is 24.8. The summed E-state index contributed by atoms with van der Waals surface area (Å²) in [6.45, 7) is 8.35. The van der Waals surface area contributed by atoms with Gasteiger partial charge in [-0.25, -0.2) is 13.1 Å².